The van der Waals surface area contributed by atoms with E-state index in [0.29, 0.717) is 23.0 Å². The van der Waals surface area contributed by atoms with E-state index in [1.165, 1.54) is 12.5 Å². The van der Waals surface area contributed by atoms with E-state index in [1.807, 2.05) is 0 Å². The first-order chi connectivity index (χ1) is 10.0. The van der Waals surface area contributed by atoms with Gasteiger partial charge in [-0.05, 0) is 68.2 Å². The van der Waals surface area contributed by atoms with Crippen LogP contribution in [0.3, 0.4) is 0 Å². The molecule has 3 N–H and O–H groups in total. The second kappa shape index (κ2) is 6.97. The summed E-state index contributed by atoms with van der Waals surface area (Å²) in [7, 11) is 0. The molecule has 3 nitrogen and oxygen atoms in total. The maximum absolute atomic E-state index is 13.3. The molecule has 2 aliphatic carbocycles. The van der Waals surface area contributed by atoms with E-state index in [2.05, 4.69) is 5.32 Å². The Bertz CT molecular complexity index is 537. The first kappa shape index (κ1) is 17.2. The molecule has 1 aromatic carbocycles. The van der Waals surface area contributed by atoms with Crippen LogP contribution in [0.15, 0.2) is 18.2 Å². The van der Waals surface area contributed by atoms with Crippen LogP contribution in [-0.2, 0) is 0 Å². The Morgan fingerprint density at radius 1 is 1.27 bits per heavy atom. The standard InChI is InChI=1S/C17H23FN2O.ClH/c1-10-7-13(5-6-15(10)18)17(21)20-16-11-3-2-4-12(16)9-14(19)8-11;/h5-7,11-12,14,16H,2-4,8-9,19H2,1H3,(H,20,21);1H. The van der Waals surface area contributed by atoms with Gasteiger partial charge in [0.2, 0.25) is 0 Å². The number of nitrogens with one attached hydrogen (secondary N) is 1. The summed E-state index contributed by atoms with van der Waals surface area (Å²) in [6, 6.07) is 5.05. The van der Waals surface area contributed by atoms with Crippen molar-refractivity contribution in [3.63, 3.8) is 0 Å². The summed E-state index contributed by atoms with van der Waals surface area (Å²) < 4.78 is 13.3. The highest BCUT2D eigenvalue weighted by atomic mass is 35.5. The molecule has 2 bridgehead atoms. The molecule has 122 valence electrons. The molecule has 0 heterocycles. The van der Waals surface area contributed by atoms with E-state index >= 15 is 0 Å². The number of rotatable bonds is 2. The molecule has 2 fully saturated rings. The van der Waals surface area contributed by atoms with Crippen LogP contribution in [-0.4, -0.2) is 18.0 Å². The highest BCUT2D eigenvalue weighted by Gasteiger charge is 2.39. The third kappa shape index (κ3) is 3.44. The number of halogens is 2. The molecule has 0 aliphatic heterocycles. The zero-order chi connectivity index (χ0) is 15.0. The van der Waals surface area contributed by atoms with Crippen LogP contribution < -0.4 is 11.1 Å². The number of carbonyl (C=O) groups is 1. The average molecular weight is 327 g/mol. The number of benzene rings is 1. The van der Waals surface area contributed by atoms with Gasteiger partial charge in [-0.1, -0.05) is 6.42 Å². The predicted octanol–water partition coefficient (Wildman–Crippen LogP) is 3.19. The van der Waals surface area contributed by atoms with Crippen molar-refractivity contribution >= 4 is 18.3 Å². The van der Waals surface area contributed by atoms with Crippen LogP contribution in [0.2, 0.25) is 0 Å². The lowest BCUT2D eigenvalue weighted by Crippen LogP contribution is -2.53. The Labute approximate surface area is 137 Å². The molecule has 0 aromatic heterocycles. The van der Waals surface area contributed by atoms with Gasteiger partial charge in [-0.2, -0.15) is 0 Å². The van der Waals surface area contributed by atoms with Gasteiger partial charge in [0, 0.05) is 17.6 Å². The van der Waals surface area contributed by atoms with E-state index in [1.54, 1.807) is 19.1 Å². The second-order valence-corrected chi connectivity index (χ2v) is 6.65. The largest absolute Gasteiger partial charge is 0.349 e. The van der Waals surface area contributed by atoms with Crippen LogP contribution in [0.4, 0.5) is 4.39 Å². The van der Waals surface area contributed by atoms with Gasteiger partial charge in [-0.25, -0.2) is 4.39 Å². The van der Waals surface area contributed by atoms with Crippen LogP contribution in [0, 0.1) is 24.6 Å². The van der Waals surface area contributed by atoms with Gasteiger partial charge in [0.15, 0.2) is 0 Å². The van der Waals surface area contributed by atoms with Crippen LogP contribution in [0.5, 0.6) is 0 Å². The van der Waals surface area contributed by atoms with Crippen molar-refractivity contribution < 1.29 is 9.18 Å². The van der Waals surface area contributed by atoms with Gasteiger partial charge in [0.05, 0.1) is 0 Å². The van der Waals surface area contributed by atoms with Crippen molar-refractivity contribution in [2.75, 3.05) is 0 Å². The molecule has 2 unspecified atom stereocenters. The Kier molecular flexibility index (Phi) is 5.45. The van der Waals surface area contributed by atoms with Crippen molar-refractivity contribution in [3.8, 4) is 0 Å². The summed E-state index contributed by atoms with van der Waals surface area (Å²) in [6.07, 6.45) is 5.55. The smallest absolute Gasteiger partial charge is 0.251 e. The van der Waals surface area contributed by atoms with Crippen molar-refractivity contribution in [2.45, 2.75) is 51.1 Å². The summed E-state index contributed by atoms with van der Waals surface area (Å²) in [5.74, 6) is 0.638. The SMILES string of the molecule is Cc1cc(C(=O)NC2C3CCCC2CC(N)C3)ccc1F.Cl. The fourth-order valence-electron chi connectivity index (χ4n) is 4.05. The van der Waals surface area contributed by atoms with Crippen LogP contribution in [0.1, 0.15) is 48.0 Å². The van der Waals surface area contributed by atoms with Crippen molar-refractivity contribution in [2.24, 2.45) is 17.6 Å². The summed E-state index contributed by atoms with van der Waals surface area (Å²) in [4.78, 5) is 12.4. The van der Waals surface area contributed by atoms with Crippen LogP contribution >= 0.6 is 12.4 Å². The summed E-state index contributed by atoms with van der Waals surface area (Å²) in [5.41, 5.74) is 7.16. The first-order valence-electron chi connectivity index (χ1n) is 7.87. The normalized spacial score (nSPS) is 30.3. The average Bonchev–Trinajstić information content (AvgIpc) is 2.42. The number of aryl methyl sites for hydroxylation is 1. The van der Waals surface area contributed by atoms with E-state index in [0.717, 1.165) is 25.7 Å². The molecule has 1 aromatic rings. The number of hydrogen-bond acceptors (Lipinski definition) is 2. The molecule has 1 amide bonds. The molecule has 2 atom stereocenters. The lowest BCUT2D eigenvalue weighted by atomic mass is 9.67. The number of fused-ring (bicyclic) bond motifs is 2. The highest BCUT2D eigenvalue weighted by molar-refractivity contribution is 5.94. The molecular weight excluding hydrogens is 303 g/mol. The van der Waals surface area contributed by atoms with Gasteiger partial charge >= 0.3 is 0 Å². The third-order valence-corrected chi connectivity index (χ3v) is 5.09. The first-order valence-corrected chi connectivity index (χ1v) is 7.87. The Balaban J connectivity index is 0.00000176. The minimum Gasteiger partial charge on any atom is -0.349 e. The summed E-state index contributed by atoms with van der Waals surface area (Å²) >= 11 is 0. The minimum atomic E-state index is -0.271. The number of carbonyl (C=O) groups excluding carboxylic acids is 1. The molecule has 0 radical (unpaired) electrons. The van der Waals surface area contributed by atoms with Crippen molar-refractivity contribution in [1.82, 2.24) is 5.32 Å². The zero-order valence-electron chi connectivity index (χ0n) is 12.8. The second-order valence-electron chi connectivity index (χ2n) is 6.65. The van der Waals surface area contributed by atoms with E-state index in [-0.39, 0.29) is 36.2 Å². The molecule has 2 saturated carbocycles. The maximum atomic E-state index is 13.3. The van der Waals surface area contributed by atoms with Gasteiger partial charge in [-0.15, -0.1) is 12.4 Å². The number of amides is 1. The maximum Gasteiger partial charge on any atom is 0.251 e. The van der Waals surface area contributed by atoms with E-state index in [9.17, 15) is 9.18 Å². The molecule has 0 saturated heterocycles. The number of hydrogen-bond donors (Lipinski definition) is 2. The lowest BCUT2D eigenvalue weighted by molar-refractivity contribution is 0.0756. The zero-order valence-corrected chi connectivity index (χ0v) is 13.7. The highest BCUT2D eigenvalue weighted by Crippen LogP contribution is 2.39. The third-order valence-electron chi connectivity index (χ3n) is 5.09. The Morgan fingerprint density at radius 3 is 2.50 bits per heavy atom. The van der Waals surface area contributed by atoms with Crippen LogP contribution in [0.25, 0.3) is 0 Å². The monoisotopic (exact) mass is 326 g/mol. The van der Waals surface area contributed by atoms with Crippen molar-refractivity contribution in [3.05, 3.63) is 35.1 Å². The molecule has 3 rings (SSSR count). The van der Waals surface area contributed by atoms with E-state index < -0.39 is 0 Å². The van der Waals surface area contributed by atoms with Gasteiger partial charge in [0.1, 0.15) is 5.82 Å². The summed E-state index contributed by atoms with van der Waals surface area (Å²) in [5, 5.41) is 3.19. The number of nitrogens with two attached hydrogens (primary N) is 1. The Morgan fingerprint density at radius 2 is 1.91 bits per heavy atom. The molecular formula is C17H24ClFN2O. The quantitative estimate of drug-likeness (QED) is 0.877. The summed E-state index contributed by atoms with van der Waals surface area (Å²) in [6.45, 7) is 1.68. The van der Waals surface area contributed by atoms with Gasteiger partial charge < -0.3 is 11.1 Å². The molecule has 22 heavy (non-hydrogen) atoms. The van der Waals surface area contributed by atoms with Crippen molar-refractivity contribution in [1.29, 1.82) is 0 Å². The molecule has 5 heteroatoms. The van der Waals surface area contributed by atoms with Gasteiger partial charge in [-0.3, -0.25) is 4.79 Å². The predicted molar refractivity (Wildman–Crippen MR) is 87.7 cm³/mol. The fourth-order valence-corrected chi connectivity index (χ4v) is 4.05. The fraction of sp³-hybridized carbons (Fsp3) is 0.588. The van der Waals surface area contributed by atoms with Gasteiger partial charge in [0.25, 0.3) is 5.91 Å². The van der Waals surface area contributed by atoms with E-state index in [4.69, 9.17) is 5.73 Å². The molecule has 0 spiro atoms. The Hall–Kier alpha value is -1.13. The topological polar surface area (TPSA) is 55.1 Å². The lowest BCUT2D eigenvalue weighted by Gasteiger charge is -2.45. The minimum absolute atomic E-state index is 0. The molecule has 2 aliphatic rings.